The van der Waals surface area contributed by atoms with E-state index in [-0.39, 0.29) is 69.7 Å². The highest BCUT2D eigenvalue weighted by Crippen LogP contribution is 2.20. The maximum Gasteiger partial charge on any atom is 0.327 e. The second-order valence-electron chi connectivity index (χ2n) is 14.4. The Bertz CT molecular complexity index is 1980. The Labute approximate surface area is 358 Å². The molecule has 20 nitrogen and oxygen atoms in total. The first-order valence-corrected chi connectivity index (χ1v) is 20.4. The van der Waals surface area contributed by atoms with E-state index < -0.39 is 77.7 Å². The third kappa shape index (κ3) is 16.8. The topological polar surface area (TPSA) is 352 Å². The summed E-state index contributed by atoms with van der Waals surface area (Å²) in [5.74, 6) is -6.78. The first-order valence-electron chi connectivity index (χ1n) is 19.8. The minimum atomic E-state index is -1.36. The number of nitrogens with two attached hydrogens (primary N) is 4. The number of aliphatic carboxylic acids is 2. The van der Waals surface area contributed by atoms with Crippen LogP contribution in [0, 0.1) is 0 Å². The number of thiol groups is 1. The fourth-order valence-corrected chi connectivity index (χ4v) is 6.53. The minimum Gasteiger partial charge on any atom is -0.481 e. The molecule has 0 fully saturated rings. The normalized spacial score (nSPS) is 14.0. The van der Waals surface area contributed by atoms with E-state index in [0.717, 1.165) is 10.9 Å². The number of unbranched alkanes of at least 4 members (excludes halogenated alkanes) is 1. The number of carbonyl (C=O) groups excluding carboxylic acids is 5. The Hall–Kier alpha value is -6.19. The molecule has 0 saturated heterocycles. The van der Waals surface area contributed by atoms with Crippen molar-refractivity contribution in [2.45, 2.75) is 94.0 Å². The second-order valence-corrected chi connectivity index (χ2v) is 14.7. The third-order valence-electron chi connectivity index (χ3n) is 9.61. The number of benzene rings is 2. The molecule has 1 aromatic heterocycles. The molecule has 0 bridgehead atoms. The maximum atomic E-state index is 14.3. The van der Waals surface area contributed by atoms with Crippen molar-refractivity contribution in [1.82, 2.24) is 31.6 Å². The highest BCUT2D eigenvalue weighted by molar-refractivity contribution is 7.80. The van der Waals surface area contributed by atoms with Crippen LogP contribution in [0.4, 0.5) is 0 Å². The van der Waals surface area contributed by atoms with Gasteiger partial charge in [-0.1, -0.05) is 48.5 Å². The molecule has 0 unspecified atom stereocenters. The van der Waals surface area contributed by atoms with E-state index in [2.05, 4.69) is 49.2 Å². The number of nitrogens with one attached hydrogen (secondary N) is 6. The van der Waals surface area contributed by atoms with Crippen LogP contribution >= 0.6 is 12.6 Å². The first-order chi connectivity index (χ1) is 29.1. The summed E-state index contributed by atoms with van der Waals surface area (Å²) in [5, 5.41) is 32.5. The van der Waals surface area contributed by atoms with Crippen LogP contribution in [0.2, 0.25) is 0 Å². The quantitative estimate of drug-likeness (QED) is 0.0185. The first kappa shape index (κ1) is 49.2. The number of carboxylic acid groups (broad SMARTS) is 2. The van der Waals surface area contributed by atoms with E-state index >= 15 is 0 Å². The molecule has 0 spiro atoms. The molecule has 16 N–H and O–H groups in total. The van der Waals surface area contributed by atoms with E-state index in [4.69, 9.17) is 28.0 Å². The van der Waals surface area contributed by atoms with Crippen LogP contribution in [0.3, 0.4) is 0 Å². The number of carbonyl (C=O) groups is 7. The molecule has 61 heavy (non-hydrogen) atoms. The highest BCUT2D eigenvalue weighted by Gasteiger charge is 2.33. The summed E-state index contributed by atoms with van der Waals surface area (Å²) in [4.78, 5) is 99.0. The number of H-pyrrole nitrogens is 1. The van der Waals surface area contributed by atoms with Gasteiger partial charge in [0.1, 0.15) is 30.2 Å². The van der Waals surface area contributed by atoms with Gasteiger partial charge in [0.15, 0.2) is 5.96 Å². The molecule has 0 aliphatic carbocycles. The predicted octanol–water partition coefficient (Wildman–Crippen LogP) is -1.23. The van der Waals surface area contributed by atoms with E-state index in [9.17, 15) is 38.7 Å². The Morgan fingerprint density at radius 2 is 1.21 bits per heavy atom. The summed E-state index contributed by atoms with van der Waals surface area (Å²) in [6.45, 7) is 0.388. The van der Waals surface area contributed by atoms with Gasteiger partial charge in [-0.15, -0.1) is 0 Å². The van der Waals surface area contributed by atoms with Crippen LogP contribution < -0.4 is 49.5 Å². The lowest BCUT2D eigenvalue weighted by Gasteiger charge is -2.27. The third-order valence-corrected chi connectivity index (χ3v) is 9.97. The average molecular weight is 868 g/mol. The molecule has 332 valence electrons. The summed E-state index contributed by atoms with van der Waals surface area (Å²) >= 11 is 4.04. The average Bonchev–Trinajstić information content (AvgIpc) is 3.64. The van der Waals surface area contributed by atoms with Gasteiger partial charge in [0.2, 0.25) is 29.5 Å². The Morgan fingerprint density at radius 3 is 1.80 bits per heavy atom. The summed E-state index contributed by atoms with van der Waals surface area (Å²) in [6, 6.07) is 8.28. The van der Waals surface area contributed by atoms with Crippen LogP contribution in [-0.2, 0) is 46.4 Å². The largest absolute Gasteiger partial charge is 0.481 e. The number of aromatic nitrogens is 1. The zero-order chi connectivity index (χ0) is 44.9. The maximum absolute atomic E-state index is 14.3. The number of aromatic amines is 1. The highest BCUT2D eigenvalue weighted by atomic mass is 32.1. The molecule has 21 heteroatoms. The Morgan fingerprint density at radius 1 is 0.672 bits per heavy atom. The van der Waals surface area contributed by atoms with Gasteiger partial charge in [-0.05, 0) is 62.3 Å². The monoisotopic (exact) mass is 867 g/mol. The van der Waals surface area contributed by atoms with Gasteiger partial charge >= 0.3 is 11.9 Å². The molecular formula is C40H57N11O9S. The summed E-state index contributed by atoms with van der Waals surface area (Å²) in [7, 11) is 0. The lowest BCUT2D eigenvalue weighted by molar-refractivity contribution is -0.141. The number of hydrogen-bond donors (Lipinski definition) is 13. The lowest BCUT2D eigenvalue weighted by Crippen LogP contribution is -2.60. The number of guanidine groups is 1. The standard InChI is InChI=1S/C40H57N11O9S/c41-17-7-6-13-28(48-35(55)29(14-8-18-45-40(43)44)47-34(54)26(42)15-16-33(52)53)36(56)50-31(20-24-21-46-27-12-5-4-11-25(24)27)38(58)49-30(19-23-9-2-1-3-10-23)37(57)51-32(22-61)39(59)60/h1-5,9-12,21,26,28-32,46,61H,6-8,13-20,22,41-42H2,(H,47,54)(H,48,55)(H,49,58)(H,50,56)(H,51,57)(H,52,53)(H,59,60)(H4,43,44,45)/t26-,28-,29-,30-,31-,32-/m0/s1. The van der Waals surface area contributed by atoms with Crippen molar-refractivity contribution >= 4 is 71.0 Å². The molecular weight excluding hydrogens is 811 g/mol. The second kappa shape index (κ2) is 25.4. The van der Waals surface area contributed by atoms with Crippen molar-refractivity contribution in [2.24, 2.45) is 27.9 Å². The Balaban J connectivity index is 1.96. The molecule has 0 saturated carbocycles. The van der Waals surface area contributed by atoms with Crippen molar-refractivity contribution in [1.29, 1.82) is 0 Å². The van der Waals surface area contributed by atoms with Crippen LogP contribution in [0.25, 0.3) is 10.9 Å². The zero-order valence-electron chi connectivity index (χ0n) is 33.7. The summed E-state index contributed by atoms with van der Waals surface area (Å²) in [6.07, 6.45) is 2.16. The van der Waals surface area contributed by atoms with Gasteiger partial charge in [-0.25, -0.2) is 4.79 Å². The fraction of sp³-hybridized carbons (Fsp3) is 0.450. The van der Waals surface area contributed by atoms with Crippen molar-refractivity contribution in [3.05, 3.63) is 71.9 Å². The molecule has 6 atom stereocenters. The number of aliphatic imine (C=N–C) groups is 1. The van der Waals surface area contributed by atoms with Crippen LogP contribution in [-0.4, -0.2) is 118 Å². The van der Waals surface area contributed by atoms with Crippen LogP contribution in [0.5, 0.6) is 0 Å². The van der Waals surface area contributed by atoms with Crippen LogP contribution in [0.1, 0.15) is 56.1 Å². The summed E-state index contributed by atoms with van der Waals surface area (Å²) in [5.41, 5.74) is 24.6. The SMILES string of the molecule is NCCCC[C@H](NC(=O)[C@H](CCCN=C(N)N)NC(=O)[C@@H](N)CCC(=O)O)C(=O)N[C@@H](Cc1c[nH]c2ccccc12)C(=O)N[C@@H](Cc1ccccc1)C(=O)N[C@@H](CS)C(=O)O. The van der Waals surface area contributed by atoms with Crippen molar-refractivity contribution in [2.75, 3.05) is 18.8 Å². The molecule has 3 rings (SSSR count). The van der Waals surface area contributed by atoms with Gasteiger partial charge in [-0.2, -0.15) is 12.6 Å². The van der Waals surface area contributed by atoms with E-state index in [1.165, 1.54) is 0 Å². The number of amides is 5. The molecule has 5 amide bonds. The molecule has 2 aromatic carbocycles. The molecule has 0 radical (unpaired) electrons. The number of nitrogens with zero attached hydrogens (tertiary/aromatic N) is 1. The molecule has 3 aromatic rings. The number of para-hydroxylation sites is 1. The summed E-state index contributed by atoms with van der Waals surface area (Å²) < 4.78 is 0. The zero-order valence-corrected chi connectivity index (χ0v) is 34.6. The minimum absolute atomic E-state index is 0.00353. The van der Waals surface area contributed by atoms with Gasteiger partial charge in [0.25, 0.3) is 0 Å². The number of carboxylic acids is 2. The lowest BCUT2D eigenvalue weighted by atomic mass is 10.0. The number of rotatable bonds is 27. The van der Waals surface area contributed by atoms with E-state index in [0.29, 0.717) is 24.0 Å². The van der Waals surface area contributed by atoms with Crippen molar-refractivity contribution < 1.29 is 43.8 Å². The molecule has 1 heterocycles. The van der Waals surface area contributed by atoms with Crippen molar-refractivity contribution in [3.63, 3.8) is 0 Å². The number of fused-ring (bicyclic) bond motifs is 1. The molecule has 0 aliphatic heterocycles. The van der Waals surface area contributed by atoms with Gasteiger partial charge in [0.05, 0.1) is 6.04 Å². The van der Waals surface area contributed by atoms with Gasteiger partial charge in [-0.3, -0.25) is 33.8 Å². The van der Waals surface area contributed by atoms with E-state index in [1.807, 2.05) is 24.3 Å². The van der Waals surface area contributed by atoms with Crippen molar-refractivity contribution in [3.8, 4) is 0 Å². The van der Waals surface area contributed by atoms with Gasteiger partial charge in [0, 0.05) is 48.7 Å². The smallest absolute Gasteiger partial charge is 0.327 e. The van der Waals surface area contributed by atoms with E-state index in [1.54, 1.807) is 36.5 Å². The fourth-order valence-electron chi connectivity index (χ4n) is 6.29. The van der Waals surface area contributed by atoms with Crippen LogP contribution in [0.15, 0.2) is 65.8 Å². The predicted molar refractivity (Wildman–Crippen MR) is 231 cm³/mol. The van der Waals surface area contributed by atoms with Gasteiger partial charge < -0.3 is 64.7 Å². The Kier molecular flexibility index (Phi) is 20.5. The number of hydrogen-bond acceptors (Lipinski definition) is 11. The molecule has 0 aliphatic rings.